The maximum Gasteiger partial charge on any atom is 0.309 e. The predicted molar refractivity (Wildman–Crippen MR) is 75.7 cm³/mol. The summed E-state index contributed by atoms with van der Waals surface area (Å²) in [4.78, 5) is 21.6. The standard InChI is InChI=1S/C14H15N3O5/c1-8(2)14(18)21-9(3)12-15-16-13(22-12)10-4-6-11(7-5-10)17(19)20/h4-9H,1-3H3/t9-/m1/s1. The Kier molecular flexibility index (Phi) is 4.50. The number of ether oxygens (including phenoxy) is 1. The van der Waals surface area contributed by atoms with Crippen molar-refractivity contribution in [3.8, 4) is 11.5 Å². The molecule has 0 saturated heterocycles. The van der Waals surface area contributed by atoms with Crippen molar-refractivity contribution in [1.82, 2.24) is 10.2 Å². The Morgan fingerprint density at radius 3 is 2.41 bits per heavy atom. The smallest absolute Gasteiger partial charge is 0.309 e. The van der Waals surface area contributed by atoms with Crippen molar-refractivity contribution in [2.45, 2.75) is 26.9 Å². The molecule has 0 bridgehead atoms. The Hall–Kier alpha value is -2.77. The van der Waals surface area contributed by atoms with Crippen LogP contribution in [0.2, 0.25) is 0 Å². The van der Waals surface area contributed by atoms with Crippen LogP contribution in [0.4, 0.5) is 5.69 Å². The molecule has 0 N–H and O–H groups in total. The Bertz CT molecular complexity index is 678. The highest BCUT2D eigenvalue weighted by Crippen LogP contribution is 2.24. The minimum Gasteiger partial charge on any atom is -0.452 e. The number of rotatable bonds is 5. The van der Waals surface area contributed by atoms with Crippen LogP contribution in [0.3, 0.4) is 0 Å². The Balaban J connectivity index is 2.13. The van der Waals surface area contributed by atoms with Gasteiger partial charge in [0.15, 0.2) is 6.10 Å². The molecule has 1 atom stereocenters. The van der Waals surface area contributed by atoms with Gasteiger partial charge in [-0.15, -0.1) is 10.2 Å². The fourth-order valence-electron chi connectivity index (χ4n) is 1.60. The average Bonchev–Trinajstić information content (AvgIpc) is 2.97. The number of non-ortho nitro benzene ring substituents is 1. The number of nitrogens with zero attached hydrogens (tertiary/aromatic N) is 3. The summed E-state index contributed by atoms with van der Waals surface area (Å²) in [7, 11) is 0. The van der Waals surface area contributed by atoms with Gasteiger partial charge < -0.3 is 9.15 Å². The second-order valence-electron chi connectivity index (χ2n) is 4.98. The summed E-state index contributed by atoms with van der Waals surface area (Å²) in [5, 5.41) is 18.3. The number of carbonyl (C=O) groups is 1. The van der Waals surface area contributed by atoms with Crippen molar-refractivity contribution in [3.05, 3.63) is 40.3 Å². The van der Waals surface area contributed by atoms with E-state index in [1.165, 1.54) is 24.3 Å². The van der Waals surface area contributed by atoms with E-state index in [1.807, 2.05) is 0 Å². The van der Waals surface area contributed by atoms with Gasteiger partial charge in [0.05, 0.1) is 10.8 Å². The lowest BCUT2D eigenvalue weighted by Crippen LogP contribution is -2.14. The molecule has 116 valence electrons. The van der Waals surface area contributed by atoms with Gasteiger partial charge in [0.25, 0.3) is 11.6 Å². The molecule has 2 aromatic rings. The number of benzene rings is 1. The number of nitro benzene ring substituents is 1. The van der Waals surface area contributed by atoms with Gasteiger partial charge in [-0.1, -0.05) is 13.8 Å². The second kappa shape index (κ2) is 6.33. The monoisotopic (exact) mass is 305 g/mol. The van der Waals surface area contributed by atoms with Gasteiger partial charge in [0.1, 0.15) is 0 Å². The Morgan fingerprint density at radius 1 is 1.23 bits per heavy atom. The van der Waals surface area contributed by atoms with Gasteiger partial charge in [-0.3, -0.25) is 14.9 Å². The number of aromatic nitrogens is 2. The molecule has 0 amide bonds. The third kappa shape index (κ3) is 3.46. The maximum atomic E-state index is 11.5. The molecule has 1 heterocycles. The lowest BCUT2D eigenvalue weighted by atomic mass is 10.2. The predicted octanol–water partition coefficient (Wildman–Crippen LogP) is 2.91. The van der Waals surface area contributed by atoms with E-state index in [0.29, 0.717) is 5.56 Å². The number of hydrogen-bond acceptors (Lipinski definition) is 7. The van der Waals surface area contributed by atoms with Gasteiger partial charge >= 0.3 is 5.97 Å². The van der Waals surface area contributed by atoms with Crippen molar-refractivity contribution in [2.24, 2.45) is 5.92 Å². The Labute approximate surface area is 126 Å². The second-order valence-corrected chi connectivity index (χ2v) is 4.98. The molecule has 8 heteroatoms. The fourth-order valence-corrected chi connectivity index (χ4v) is 1.60. The van der Waals surface area contributed by atoms with E-state index in [-0.39, 0.29) is 29.4 Å². The molecule has 0 fully saturated rings. The summed E-state index contributed by atoms with van der Waals surface area (Å²) in [6, 6.07) is 5.73. The first-order valence-electron chi connectivity index (χ1n) is 6.67. The molecule has 0 saturated carbocycles. The van der Waals surface area contributed by atoms with Crippen molar-refractivity contribution < 1.29 is 18.9 Å². The van der Waals surface area contributed by atoms with Gasteiger partial charge in [0, 0.05) is 17.7 Å². The molecule has 0 unspecified atom stereocenters. The normalized spacial score (nSPS) is 12.2. The van der Waals surface area contributed by atoms with E-state index < -0.39 is 11.0 Å². The molecule has 1 aromatic carbocycles. The highest BCUT2D eigenvalue weighted by Gasteiger charge is 2.20. The number of nitro groups is 1. The third-order valence-electron chi connectivity index (χ3n) is 2.88. The maximum absolute atomic E-state index is 11.5. The SMILES string of the molecule is CC(C)C(=O)O[C@H](C)c1nnc(-c2ccc([N+](=O)[O-])cc2)o1. The summed E-state index contributed by atoms with van der Waals surface area (Å²) in [6.45, 7) is 5.09. The zero-order valence-electron chi connectivity index (χ0n) is 12.3. The van der Waals surface area contributed by atoms with E-state index in [4.69, 9.17) is 9.15 Å². The van der Waals surface area contributed by atoms with Crippen LogP contribution in [0, 0.1) is 16.0 Å². The van der Waals surface area contributed by atoms with E-state index >= 15 is 0 Å². The van der Waals surface area contributed by atoms with Crippen LogP contribution in [0.15, 0.2) is 28.7 Å². The summed E-state index contributed by atoms with van der Waals surface area (Å²) < 4.78 is 10.6. The van der Waals surface area contributed by atoms with E-state index in [0.717, 1.165) is 0 Å². The molecule has 8 nitrogen and oxygen atoms in total. The molecule has 2 rings (SSSR count). The lowest BCUT2D eigenvalue weighted by molar-refractivity contribution is -0.384. The topological polar surface area (TPSA) is 108 Å². The molecule has 0 spiro atoms. The molecule has 22 heavy (non-hydrogen) atoms. The first kappa shape index (κ1) is 15.6. The first-order chi connectivity index (χ1) is 10.4. The number of esters is 1. The molecular weight excluding hydrogens is 290 g/mol. The van der Waals surface area contributed by atoms with Gasteiger partial charge in [-0.05, 0) is 19.1 Å². The summed E-state index contributed by atoms with van der Waals surface area (Å²) in [5.74, 6) is -0.234. The summed E-state index contributed by atoms with van der Waals surface area (Å²) in [6.07, 6.45) is -0.658. The molecule has 0 radical (unpaired) electrons. The van der Waals surface area contributed by atoms with Crippen LogP contribution >= 0.6 is 0 Å². The minimum atomic E-state index is -0.658. The molecule has 0 aliphatic rings. The van der Waals surface area contributed by atoms with Crippen molar-refractivity contribution >= 4 is 11.7 Å². The van der Waals surface area contributed by atoms with Crippen molar-refractivity contribution in [3.63, 3.8) is 0 Å². The molecule has 0 aliphatic carbocycles. The summed E-state index contributed by atoms with van der Waals surface area (Å²) in [5.41, 5.74) is 0.523. The van der Waals surface area contributed by atoms with Gasteiger partial charge in [-0.2, -0.15) is 0 Å². The van der Waals surface area contributed by atoms with E-state index in [9.17, 15) is 14.9 Å². The highest BCUT2D eigenvalue weighted by molar-refractivity contribution is 5.71. The van der Waals surface area contributed by atoms with Crippen molar-refractivity contribution in [2.75, 3.05) is 0 Å². The average molecular weight is 305 g/mol. The first-order valence-corrected chi connectivity index (χ1v) is 6.67. The van der Waals surface area contributed by atoms with E-state index in [1.54, 1.807) is 20.8 Å². The van der Waals surface area contributed by atoms with Crippen LogP contribution in [0.5, 0.6) is 0 Å². The molecule has 1 aromatic heterocycles. The van der Waals surface area contributed by atoms with Gasteiger partial charge in [0.2, 0.25) is 5.89 Å². The summed E-state index contributed by atoms with van der Waals surface area (Å²) >= 11 is 0. The minimum absolute atomic E-state index is 0.0253. The van der Waals surface area contributed by atoms with Crippen LogP contribution in [-0.2, 0) is 9.53 Å². The lowest BCUT2D eigenvalue weighted by Gasteiger charge is -2.10. The molecule has 0 aliphatic heterocycles. The highest BCUT2D eigenvalue weighted by atomic mass is 16.6. The quantitative estimate of drug-likeness (QED) is 0.474. The van der Waals surface area contributed by atoms with Gasteiger partial charge in [-0.25, -0.2) is 0 Å². The van der Waals surface area contributed by atoms with Crippen LogP contribution in [0.25, 0.3) is 11.5 Å². The Morgan fingerprint density at radius 2 is 1.86 bits per heavy atom. The number of hydrogen-bond donors (Lipinski definition) is 0. The third-order valence-corrected chi connectivity index (χ3v) is 2.88. The zero-order chi connectivity index (χ0) is 16.3. The zero-order valence-corrected chi connectivity index (χ0v) is 12.3. The number of carbonyl (C=O) groups excluding carboxylic acids is 1. The van der Waals surface area contributed by atoms with Crippen LogP contribution < -0.4 is 0 Å². The largest absolute Gasteiger partial charge is 0.452 e. The molecular formula is C14H15N3O5. The van der Waals surface area contributed by atoms with Crippen LogP contribution in [-0.4, -0.2) is 21.1 Å². The van der Waals surface area contributed by atoms with E-state index in [2.05, 4.69) is 10.2 Å². The fraction of sp³-hybridized carbons (Fsp3) is 0.357. The van der Waals surface area contributed by atoms with Crippen LogP contribution in [0.1, 0.15) is 32.8 Å². The van der Waals surface area contributed by atoms with Crippen molar-refractivity contribution in [1.29, 1.82) is 0 Å².